The lowest BCUT2D eigenvalue weighted by Crippen LogP contribution is -2.60. The molecule has 2 aromatic heterocycles. The number of thioether (sulfide) groups is 1. The van der Waals surface area contributed by atoms with Crippen LogP contribution in [0.3, 0.4) is 0 Å². The van der Waals surface area contributed by atoms with E-state index >= 15 is 14.4 Å². The van der Waals surface area contributed by atoms with Crippen molar-refractivity contribution in [2.24, 2.45) is 33.8 Å². The number of aromatic amines is 2. The topological polar surface area (TPSA) is 570 Å². The fourth-order valence-corrected chi connectivity index (χ4v) is 14.8. The van der Waals surface area contributed by atoms with Gasteiger partial charge in [-0.05, 0) is 136 Å². The van der Waals surface area contributed by atoms with Gasteiger partial charge in [0.15, 0.2) is 5.96 Å². The molecule has 2 saturated heterocycles. The Morgan fingerprint density at radius 1 is 0.496 bits per heavy atom. The first-order chi connectivity index (χ1) is 58.0. The lowest BCUT2D eigenvalue weighted by molar-refractivity contribution is -0.144. The predicted octanol–water partition coefficient (Wildman–Crippen LogP) is 1.79. The van der Waals surface area contributed by atoms with E-state index in [-0.39, 0.29) is 128 Å². The number of aromatic nitrogens is 2. The van der Waals surface area contributed by atoms with Crippen LogP contribution in [-0.2, 0) is 97.9 Å². The first-order valence-corrected chi connectivity index (χ1v) is 41.8. The van der Waals surface area contributed by atoms with E-state index in [1.54, 1.807) is 136 Å². The number of unbranched alkanes of at least 4 members (excludes halogenated alkanes) is 1. The molecule has 0 radical (unpaired) electrons. The second kappa shape index (κ2) is 47.7. The molecule has 0 bridgehead atoms. The molecule has 2 aliphatic rings. The molecule has 652 valence electrons. The molecule has 2 fully saturated rings. The lowest BCUT2D eigenvalue weighted by atomic mass is 10.0. The quantitative estimate of drug-likeness (QED) is 0.0147. The summed E-state index contributed by atoms with van der Waals surface area (Å²) in [5.41, 5.74) is 26.2. The molecule has 14 amide bonds. The summed E-state index contributed by atoms with van der Waals surface area (Å²) in [6.07, 6.45) is 2.50. The van der Waals surface area contributed by atoms with Crippen LogP contribution in [0.5, 0.6) is 0 Å². The Morgan fingerprint density at radius 3 is 1.46 bits per heavy atom. The largest absolute Gasteiger partial charge is 0.480 e. The number of carboxylic acids is 1. The Labute approximate surface area is 703 Å². The molecule has 4 aromatic carbocycles. The van der Waals surface area contributed by atoms with E-state index in [0.717, 1.165) is 5.56 Å². The molecule has 4 heterocycles. The molecule has 0 saturated carbocycles. The molecule has 121 heavy (non-hydrogen) atoms. The number of benzene rings is 4. The summed E-state index contributed by atoms with van der Waals surface area (Å²) in [4.78, 5) is 223. The number of ether oxygens (including phenoxy) is 2. The van der Waals surface area contributed by atoms with Crippen molar-refractivity contribution < 1.29 is 86.5 Å². The molecule has 0 spiro atoms. The summed E-state index contributed by atoms with van der Waals surface area (Å²) in [7, 11) is 0. The van der Waals surface area contributed by atoms with E-state index in [9.17, 15) is 62.6 Å². The number of hydrogen-bond donors (Lipinski definition) is 17. The molecule has 2 aliphatic heterocycles. The second-order valence-electron chi connectivity index (χ2n) is 30.2. The van der Waals surface area contributed by atoms with Gasteiger partial charge in [0.1, 0.15) is 73.6 Å². The number of H-pyrrole nitrogens is 2. The maximum absolute atomic E-state index is 15.3. The van der Waals surface area contributed by atoms with Crippen LogP contribution in [0.2, 0.25) is 0 Å². The number of fused-ring (bicyclic) bond motifs is 2. The second-order valence-corrected chi connectivity index (χ2v) is 31.1. The first-order valence-electron chi connectivity index (χ1n) is 40.4. The number of carbonyl (C=O) groups excluding carboxylic acids is 14. The van der Waals surface area contributed by atoms with Crippen molar-refractivity contribution in [3.63, 3.8) is 0 Å². The Kier molecular flexibility index (Phi) is 37.0. The van der Waals surface area contributed by atoms with Crippen LogP contribution in [0, 0.1) is 5.92 Å². The zero-order valence-electron chi connectivity index (χ0n) is 68.0. The molecule has 0 unspecified atom stereocenters. The smallest absolute Gasteiger partial charge is 0.408 e. The van der Waals surface area contributed by atoms with E-state index in [4.69, 9.17) is 32.4 Å². The summed E-state index contributed by atoms with van der Waals surface area (Å²) < 4.78 is 10.8. The summed E-state index contributed by atoms with van der Waals surface area (Å²) in [6.45, 7) is 2.98. The summed E-state index contributed by atoms with van der Waals surface area (Å²) in [5.74, 6) is -11.6. The van der Waals surface area contributed by atoms with Crippen molar-refractivity contribution in [2.75, 3.05) is 44.7 Å². The number of aliphatic imine (C=N–C) groups is 1. The minimum absolute atomic E-state index is 0.00257. The van der Waals surface area contributed by atoms with Crippen molar-refractivity contribution in [3.05, 3.63) is 144 Å². The van der Waals surface area contributed by atoms with Crippen LogP contribution in [0.15, 0.2) is 127 Å². The number of guanidine groups is 1. The van der Waals surface area contributed by atoms with Gasteiger partial charge in [-0.15, -0.1) is 0 Å². The highest BCUT2D eigenvalue weighted by Gasteiger charge is 2.43. The number of aliphatic carboxylic acids is 1. The van der Waals surface area contributed by atoms with Crippen LogP contribution in [-0.4, -0.2) is 225 Å². The van der Waals surface area contributed by atoms with Crippen LogP contribution in [0.25, 0.3) is 21.8 Å². The molecule has 38 heteroatoms. The molecule has 0 aliphatic carbocycles. The molecule has 37 nitrogen and oxygen atoms in total. The van der Waals surface area contributed by atoms with E-state index < -0.39 is 182 Å². The number of para-hydroxylation sites is 2. The zero-order chi connectivity index (χ0) is 87.5. The van der Waals surface area contributed by atoms with Crippen molar-refractivity contribution in [2.45, 2.75) is 197 Å². The summed E-state index contributed by atoms with van der Waals surface area (Å²) >= 11 is 1.39. The van der Waals surface area contributed by atoms with E-state index in [0.29, 0.717) is 50.7 Å². The third-order valence-corrected chi connectivity index (χ3v) is 21.2. The third-order valence-electron chi connectivity index (χ3n) is 20.5. The normalized spacial score (nSPS) is 15.6. The average molecular weight is 1690 g/mol. The molecule has 10 atom stereocenters. The molecule has 21 N–H and O–H groups in total. The van der Waals surface area contributed by atoms with Crippen molar-refractivity contribution in [1.29, 1.82) is 0 Å². The Bertz CT molecular complexity index is 4600. The van der Waals surface area contributed by atoms with Crippen LogP contribution >= 0.6 is 11.8 Å². The van der Waals surface area contributed by atoms with Gasteiger partial charge in [-0.2, -0.15) is 11.8 Å². The van der Waals surface area contributed by atoms with Gasteiger partial charge in [0, 0.05) is 86.1 Å². The zero-order valence-corrected chi connectivity index (χ0v) is 68.8. The fraction of sp³-hybridized carbons (Fsp3) is 0.470. The number of carboxylic acid groups (broad SMARTS) is 1. The van der Waals surface area contributed by atoms with Crippen molar-refractivity contribution >= 4 is 129 Å². The Balaban J connectivity index is 1.01. The highest BCUT2D eigenvalue weighted by Crippen LogP contribution is 2.26. The maximum atomic E-state index is 15.3. The summed E-state index contributed by atoms with van der Waals surface area (Å²) in [5, 5.41) is 37.7. The number of nitrogens with two attached hydrogens (primary N) is 4. The fourth-order valence-electron chi connectivity index (χ4n) is 14.3. The minimum atomic E-state index is -1.74. The summed E-state index contributed by atoms with van der Waals surface area (Å²) in [6, 6.07) is 17.9. The SMILES string of the molecule is CSCC[C@@H](NC(=O)[C@H](CC(C)C)NC(=O)CNC(=O)[C@H](Cc1c[nH]c2ccccc12)NC(=O)[C@@H](Cc1c[nH]c2ccccc12)NC(=O)[C@H](CCC(N)=O)NC(=O)[C@H](CCC(N)=O)NC(=O)[C@@H]1CCCN1C(=O)[C@H](CCCCNC(=O)OCc1ccccc1)NC(=O)[C@@H]1CCCN1C(=O)[C@H](CCCN=C(N)N)NC(=O)OCc1ccccc1)C(=O)O. The Hall–Kier alpha value is -12.8. The molecular formula is C83H111N19O18S. The number of nitrogens with zero attached hydrogens (tertiary/aromatic N) is 3. The molecule has 8 rings (SSSR count). The molecular weight excluding hydrogens is 1580 g/mol. The minimum Gasteiger partial charge on any atom is -0.480 e. The standard InChI is InChI=1S/C83H111N19O18S/c1-49(2)41-63(74(109)97-62(80(115)116)35-40-121-3)93-70(105)46-92-71(106)64(42-52-44-90-56-25-12-10-23-54(52)56)98-75(110)65(43-53-45-91-57-26-13-11-24-55(53)57)99-73(108)58(31-33-68(84)103)94-72(107)59(32-34-69(85)104)95-76(111)66-29-17-38-101(66)78(113)60(27-14-15-36-89-82(117)119-47-50-19-6-4-7-20-50)96-77(112)67-30-18-39-102(67)79(114)61(28-16-37-88-81(86)87)100-83(118)120-48-51-21-8-5-9-22-51/h4-13,19-26,44-45,49,58-67,90-91H,14-18,27-43,46-48H2,1-3H3,(H2,84,103)(H2,85,104)(H,89,117)(H,92,106)(H,93,105)(H,94,107)(H,95,111)(H,96,112)(H,97,109)(H,98,110)(H,99,108)(H,100,118)(H,115,116)(H4,86,87,88)/t58-,59-,60-,61-,62+,63-,64-,65+,66-,67-/m0/s1. The maximum Gasteiger partial charge on any atom is 0.408 e. The van der Waals surface area contributed by atoms with E-state index in [1.807, 2.05) is 6.07 Å². The number of rotatable bonds is 48. The lowest BCUT2D eigenvalue weighted by Gasteiger charge is -2.32. The van der Waals surface area contributed by atoms with Gasteiger partial charge < -0.3 is 110 Å². The van der Waals surface area contributed by atoms with Gasteiger partial charge in [-0.3, -0.25) is 62.5 Å². The van der Waals surface area contributed by atoms with Crippen LogP contribution in [0.4, 0.5) is 9.59 Å². The number of hydrogen-bond acceptors (Lipinski definition) is 19. The van der Waals surface area contributed by atoms with Gasteiger partial charge in [-0.25, -0.2) is 14.4 Å². The highest BCUT2D eigenvalue weighted by molar-refractivity contribution is 7.98. The monoisotopic (exact) mass is 1690 g/mol. The number of nitrogens with one attached hydrogen (secondary N) is 12. The molecule has 6 aromatic rings. The first kappa shape index (κ1) is 93.7. The van der Waals surface area contributed by atoms with Gasteiger partial charge >= 0.3 is 18.2 Å². The van der Waals surface area contributed by atoms with Crippen molar-refractivity contribution in [3.8, 4) is 0 Å². The van der Waals surface area contributed by atoms with Crippen LogP contribution < -0.4 is 76.1 Å². The number of amides is 14. The van der Waals surface area contributed by atoms with Crippen molar-refractivity contribution in [1.82, 2.24) is 72.9 Å². The van der Waals surface area contributed by atoms with Gasteiger partial charge in [0.05, 0.1) is 6.54 Å². The van der Waals surface area contributed by atoms with E-state index in [2.05, 4.69) is 68.1 Å². The number of primary amides is 2. The number of alkyl carbamates (subject to hydrolysis) is 2. The van der Waals surface area contributed by atoms with Gasteiger partial charge in [0.25, 0.3) is 0 Å². The van der Waals surface area contributed by atoms with Gasteiger partial charge in [-0.1, -0.05) is 111 Å². The average Bonchev–Trinajstić information content (AvgIpc) is 1.73. The highest BCUT2D eigenvalue weighted by atomic mass is 32.2. The van der Waals surface area contributed by atoms with Crippen LogP contribution in [0.1, 0.15) is 132 Å². The number of carbonyl (C=O) groups is 15. The van der Waals surface area contributed by atoms with Gasteiger partial charge in [0.2, 0.25) is 70.9 Å². The van der Waals surface area contributed by atoms with E-state index in [1.165, 1.54) is 21.6 Å². The predicted molar refractivity (Wildman–Crippen MR) is 449 cm³/mol. The Morgan fingerprint density at radius 2 is 0.950 bits per heavy atom. The number of likely N-dealkylation sites (tertiary alicyclic amines) is 2. The third kappa shape index (κ3) is 29.9.